The third-order valence-electron chi connectivity index (χ3n) is 4.00. The van der Waals surface area contributed by atoms with E-state index in [2.05, 4.69) is 15.6 Å². The maximum Gasteiger partial charge on any atom is 0.315 e. The number of hydrogen-bond donors (Lipinski definition) is 2. The van der Waals surface area contributed by atoms with Crippen LogP contribution in [0.4, 0.5) is 4.79 Å². The SMILES string of the molecule is C[C@@H](NC(=O)NC1CCC1)c1nc2ccccc2n1C. The number of aryl methyl sites for hydroxylation is 1. The molecule has 0 spiro atoms. The van der Waals surface area contributed by atoms with Crippen LogP contribution >= 0.6 is 0 Å². The van der Waals surface area contributed by atoms with Crippen molar-refractivity contribution in [1.29, 1.82) is 0 Å². The van der Waals surface area contributed by atoms with E-state index in [0.717, 1.165) is 29.7 Å². The van der Waals surface area contributed by atoms with Crippen LogP contribution in [0.2, 0.25) is 0 Å². The molecule has 1 atom stereocenters. The van der Waals surface area contributed by atoms with Gasteiger partial charge in [-0.15, -0.1) is 0 Å². The molecule has 20 heavy (non-hydrogen) atoms. The number of para-hydroxylation sites is 2. The van der Waals surface area contributed by atoms with E-state index in [1.165, 1.54) is 6.42 Å². The molecule has 5 nitrogen and oxygen atoms in total. The lowest BCUT2D eigenvalue weighted by molar-refractivity contribution is 0.225. The van der Waals surface area contributed by atoms with Gasteiger partial charge in [0.2, 0.25) is 0 Å². The summed E-state index contributed by atoms with van der Waals surface area (Å²) in [4.78, 5) is 16.5. The van der Waals surface area contributed by atoms with E-state index in [9.17, 15) is 4.79 Å². The average molecular weight is 272 g/mol. The highest BCUT2D eigenvalue weighted by Crippen LogP contribution is 2.20. The first kappa shape index (κ1) is 13.0. The molecule has 0 aliphatic heterocycles. The molecule has 1 fully saturated rings. The summed E-state index contributed by atoms with van der Waals surface area (Å²) in [5, 5.41) is 5.95. The molecule has 0 saturated heterocycles. The highest BCUT2D eigenvalue weighted by atomic mass is 16.2. The second kappa shape index (κ2) is 5.15. The highest BCUT2D eigenvalue weighted by Gasteiger charge is 2.21. The lowest BCUT2D eigenvalue weighted by Gasteiger charge is -2.27. The lowest BCUT2D eigenvalue weighted by Crippen LogP contribution is -2.46. The molecular weight excluding hydrogens is 252 g/mol. The summed E-state index contributed by atoms with van der Waals surface area (Å²) in [7, 11) is 1.98. The fraction of sp³-hybridized carbons (Fsp3) is 0.467. The first-order chi connectivity index (χ1) is 9.65. The number of hydrogen-bond acceptors (Lipinski definition) is 2. The average Bonchev–Trinajstić information content (AvgIpc) is 2.72. The number of carbonyl (C=O) groups is 1. The fourth-order valence-electron chi connectivity index (χ4n) is 2.59. The monoisotopic (exact) mass is 272 g/mol. The van der Waals surface area contributed by atoms with E-state index in [1.54, 1.807) is 0 Å². The number of fused-ring (bicyclic) bond motifs is 1. The van der Waals surface area contributed by atoms with Crippen molar-refractivity contribution in [1.82, 2.24) is 20.2 Å². The van der Waals surface area contributed by atoms with Gasteiger partial charge in [-0.05, 0) is 38.3 Å². The molecule has 2 amide bonds. The first-order valence-electron chi connectivity index (χ1n) is 7.13. The van der Waals surface area contributed by atoms with Crippen LogP contribution in [0.25, 0.3) is 11.0 Å². The van der Waals surface area contributed by atoms with Crippen LogP contribution in [0.1, 0.15) is 38.1 Å². The third kappa shape index (κ3) is 2.35. The zero-order valence-corrected chi connectivity index (χ0v) is 11.9. The Kier molecular flexibility index (Phi) is 3.34. The van der Waals surface area contributed by atoms with E-state index < -0.39 is 0 Å². The molecule has 0 unspecified atom stereocenters. The maximum absolute atomic E-state index is 11.9. The first-order valence-corrected chi connectivity index (χ1v) is 7.13. The Morgan fingerprint density at radius 1 is 1.40 bits per heavy atom. The van der Waals surface area contributed by atoms with Crippen LogP contribution < -0.4 is 10.6 Å². The van der Waals surface area contributed by atoms with Crippen LogP contribution in [0.15, 0.2) is 24.3 Å². The van der Waals surface area contributed by atoms with Crippen molar-refractivity contribution in [2.45, 2.75) is 38.3 Å². The van der Waals surface area contributed by atoms with Crippen LogP contribution in [0, 0.1) is 0 Å². The number of nitrogens with zero attached hydrogens (tertiary/aromatic N) is 2. The Bertz CT molecular complexity index is 630. The smallest absolute Gasteiger partial charge is 0.315 e. The van der Waals surface area contributed by atoms with Crippen molar-refractivity contribution < 1.29 is 4.79 Å². The minimum absolute atomic E-state index is 0.103. The Labute approximate surface area is 118 Å². The van der Waals surface area contributed by atoms with Gasteiger partial charge < -0.3 is 15.2 Å². The topological polar surface area (TPSA) is 59.0 Å². The van der Waals surface area contributed by atoms with Crippen LogP contribution in [0.5, 0.6) is 0 Å². The Morgan fingerprint density at radius 2 is 2.15 bits per heavy atom. The Hall–Kier alpha value is -2.04. The van der Waals surface area contributed by atoms with Gasteiger partial charge in [0, 0.05) is 13.1 Å². The Balaban J connectivity index is 1.72. The van der Waals surface area contributed by atoms with Crippen molar-refractivity contribution in [3.05, 3.63) is 30.1 Å². The van der Waals surface area contributed by atoms with Crippen LogP contribution in [-0.4, -0.2) is 21.6 Å². The van der Waals surface area contributed by atoms with Crippen LogP contribution in [0.3, 0.4) is 0 Å². The molecule has 1 aliphatic rings. The van der Waals surface area contributed by atoms with E-state index in [-0.39, 0.29) is 12.1 Å². The van der Waals surface area contributed by atoms with Gasteiger partial charge in [0.1, 0.15) is 5.82 Å². The van der Waals surface area contributed by atoms with Crippen molar-refractivity contribution in [3.63, 3.8) is 0 Å². The van der Waals surface area contributed by atoms with E-state index in [1.807, 2.05) is 42.8 Å². The van der Waals surface area contributed by atoms with Gasteiger partial charge in [-0.25, -0.2) is 9.78 Å². The zero-order valence-electron chi connectivity index (χ0n) is 11.9. The maximum atomic E-state index is 11.9. The Morgan fingerprint density at radius 3 is 2.80 bits per heavy atom. The van der Waals surface area contributed by atoms with Gasteiger partial charge in [-0.3, -0.25) is 0 Å². The molecule has 1 heterocycles. The van der Waals surface area contributed by atoms with Crippen molar-refractivity contribution >= 4 is 17.1 Å². The third-order valence-corrected chi connectivity index (χ3v) is 4.00. The van der Waals surface area contributed by atoms with Crippen molar-refractivity contribution in [2.24, 2.45) is 7.05 Å². The zero-order chi connectivity index (χ0) is 14.1. The lowest BCUT2D eigenvalue weighted by atomic mass is 9.93. The molecule has 0 bridgehead atoms. The molecular formula is C15H20N4O. The van der Waals surface area contributed by atoms with E-state index >= 15 is 0 Å². The molecule has 1 saturated carbocycles. The summed E-state index contributed by atoms with van der Waals surface area (Å²) < 4.78 is 2.03. The number of benzene rings is 1. The second-order valence-corrected chi connectivity index (χ2v) is 5.49. The summed E-state index contributed by atoms with van der Waals surface area (Å²) in [6, 6.07) is 8.12. The number of nitrogens with one attached hydrogen (secondary N) is 2. The number of urea groups is 1. The largest absolute Gasteiger partial charge is 0.335 e. The second-order valence-electron chi connectivity index (χ2n) is 5.49. The van der Waals surface area contributed by atoms with Crippen LogP contribution in [-0.2, 0) is 7.05 Å². The van der Waals surface area contributed by atoms with Gasteiger partial charge in [0.15, 0.2) is 0 Å². The van der Waals surface area contributed by atoms with Gasteiger partial charge in [0.05, 0.1) is 17.1 Å². The molecule has 1 aromatic carbocycles. The fourth-order valence-corrected chi connectivity index (χ4v) is 2.59. The van der Waals surface area contributed by atoms with Crippen molar-refractivity contribution in [3.8, 4) is 0 Å². The minimum atomic E-state index is -0.118. The molecule has 2 N–H and O–H groups in total. The molecule has 2 aromatic rings. The predicted molar refractivity (Wildman–Crippen MR) is 78.4 cm³/mol. The summed E-state index contributed by atoms with van der Waals surface area (Å²) in [5.41, 5.74) is 2.04. The normalized spacial score (nSPS) is 16.7. The molecule has 106 valence electrons. The molecule has 1 aromatic heterocycles. The molecule has 1 aliphatic carbocycles. The van der Waals surface area contributed by atoms with Gasteiger partial charge in [-0.2, -0.15) is 0 Å². The quantitative estimate of drug-likeness (QED) is 0.902. The predicted octanol–water partition coefficient (Wildman–Crippen LogP) is 2.49. The number of rotatable bonds is 3. The summed E-state index contributed by atoms with van der Waals surface area (Å²) >= 11 is 0. The van der Waals surface area contributed by atoms with E-state index in [4.69, 9.17) is 0 Å². The standard InChI is InChI=1S/C15H20N4O/c1-10(16-15(20)17-11-6-5-7-11)14-18-12-8-3-4-9-13(12)19(14)2/h3-4,8-11H,5-7H2,1-2H3,(H2,16,17,20)/t10-/m1/s1. The number of carbonyl (C=O) groups excluding carboxylic acids is 1. The number of imidazole rings is 1. The summed E-state index contributed by atoms with van der Waals surface area (Å²) in [6.45, 7) is 1.96. The number of aromatic nitrogens is 2. The van der Waals surface area contributed by atoms with Gasteiger partial charge in [0.25, 0.3) is 0 Å². The van der Waals surface area contributed by atoms with Gasteiger partial charge >= 0.3 is 6.03 Å². The van der Waals surface area contributed by atoms with Gasteiger partial charge in [-0.1, -0.05) is 12.1 Å². The number of amides is 2. The molecule has 0 radical (unpaired) electrons. The summed E-state index contributed by atoms with van der Waals surface area (Å²) in [5.74, 6) is 0.870. The van der Waals surface area contributed by atoms with Crippen molar-refractivity contribution in [2.75, 3.05) is 0 Å². The minimum Gasteiger partial charge on any atom is -0.335 e. The van der Waals surface area contributed by atoms with E-state index in [0.29, 0.717) is 6.04 Å². The molecule has 5 heteroatoms. The summed E-state index contributed by atoms with van der Waals surface area (Å²) in [6.07, 6.45) is 3.40. The highest BCUT2D eigenvalue weighted by molar-refractivity contribution is 5.77. The molecule has 3 rings (SSSR count).